The second kappa shape index (κ2) is 4.57. The summed E-state index contributed by atoms with van der Waals surface area (Å²) in [4.78, 5) is 24.8. The van der Waals surface area contributed by atoms with E-state index in [1.807, 2.05) is 24.3 Å². The topological polar surface area (TPSA) is 63.4 Å². The van der Waals surface area contributed by atoms with Gasteiger partial charge in [-0.2, -0.15) is 0 Å². The normalized spacial score (nSPS) is 18.6. The van der Waals surface area contributed by atoms with Crippen molar-refractivity contribution >= 4 is 11.8 Å². The molecule has 1 atom stereocenters. The molecule has 0 saturated heterocycles. The van der Waals surface area contributed by atoms with Gasteiger partial charge in [0.05, 0.1) is 0 Å². The molecule has 2 N–H and O–H groups in total. The predicted octanol–water partition coefficient (Wildman–Crippen LogP) is 0.835. The molecule has 4 heteroatoms. The number of carbonyl (C=O) groups excluding carboxylic acids is 2. The van der Waals surface area contributed by atoms with Crippen molar-refractivity contribution in [1.29, 1.82) is 0 Å². The van der Waals surface area contributed by atoms with Crippen molar-refractivity contribution in [2.45, 2.75) is 32.4 Å². The van der Waals surface area contributed by atoms with Gasteiger partial charge in [0.15, 0.2) is 0 Å². The number of fused-ring (bicyclic) bond motifs is 1. The zero-order chi connectivity index (χ0) is 12.4. The summed E-state index contributed by atoms with van der Waals surface area (Å²) in [5.41, 5.74) is 7.59. The molecule has 90 valence electrons. The molecule has 0 saturated carbocycles. The lowest BCUT2D eigenvalue weighted by Crippen LogP contribution is -2.50. The minimum absolute atomic E-state index is 0.0247. The molecular formula is C13H16N2O2. The van der Waals surface area contributed by atoms with Crippen LogP contribution >= 0.6 is 0 Å². The molecule has 17 heavy (non-hydrogen) atoms. The van der Waals surface area contributed by atoms with Gasteiger partial charge in [-0.05, 0) is 11.1 Å². The van der Waals surface area contributed by atoms with Crippen LogP contribution in [0, 0.1) is 0 Å². The number of nitrogens with two attached hydrogens (primary N) is 1. The van der Waals surface area contributed by atoms with E-state index in [1.54, 1.807) is 11.8 Å². The highest BCUT2D eigenvalue weighted by Crippen LogP contribution is 2.23. The number of primary amides is 1. The number of hydrogen-bond donors (Lipinski definition) is 1. The molecule has 0 aromatic heterocycles. The molecule has 0 fully saturated rings. The summed E-state index contributed by atoms with van der Waals surface area (Å²) in [5.74, 6) is -0.454. The average Bonchev–Trinajstić information content (AvgIpc) is 2.36. The van der Waals surface area contributed by atoms with Gasteiger partial charge in [-0.1, -0.05) is 31.2 Å². The first-order valence-electron chi connectivity index (χ1n) is 5.79. The first-order valence-corrected chi connectivity index (χ1v) is 5.79. The van der Waals surface area contributed by atoms with Crippen LogP contribution in [0.1, 0.15) is 24.5 Å². The van der Waals surface area contributed by atoms with E-state index in [9.17, 15) is 9.59 Å². The third-order valence-electron chi connectivity index (χ3n) is 3.20. The molecule has 2 amide bonds. The summed E-state index contributed by atoms with van der Waals surface area (Å²) in [6.45, 7) is 2.28. The molecule has 1 aliphatic rings. The molecule has 1 heterocycles. The molecular weight excluding hydrogens is 216 g/mol. The number of nitrogens with zero attached hydrogens (tertiary/aromatic N) is 1. The summed E-state index contributed by atoms with van der Waals surface area (Å²) in [6, 6.07) is 7.35. The molecule has 0 bridgehead atoms. The van der Waals surface area contributed by atoms with Crippen LogP contribution in [0.3, 0.4) is 0 Å². The number of carbonyl (C=O) groups is 2. The van der Waals surface area contributed by atoms with Crippen molar-refractivity contribution in [3.8, 4) is 0 Å². The molecule has 1 aromatic carbocycles. The number of benzene rings is 1. The second-order valence-corrected chi connectivity index (χ2v) is 4.27. The SMILES string of the molecule is CCC(=O)N1Cc2ccccc2C[C@H]1C(N)=O. The summed E-state index contributed by atoms with van der Waals surface area (Å²) in [7, 11) is 0. The Balaban J connectivity index is 2.34. The average molecular weight is 232 g/mol. The zero-order valence-corrected chi connectivity index (χ0v) is 9.85. The van der Waals surface area contributed by atoms with Crippen LogP contribution in [0.25, 0.3) is 0 Å². The Bertz CT molecular complexity index is 456. The molecule has 1 aliphatic heterocycles. The summed E-state index contributed by atoms with van der Waals surface area (Å²) in [5, 5.41) is 0. The first kappa shape index (κ1) is 11.6. The molecule has 2 rings (SSSR count). The maximum Gasteiger partial charge on any atom is 0.240 e. The summed E-state index contributed by atoms with van der Waals surface area (Å²) >= 11 is 0. The molecule has 4 nitrogen and oxygen atoms in total. The molecule has 1 aromatic rings. The fourth-order valence-corrected chi connectivity index (χ4v) is 2.24. The van der Waals surface area contributed by atoms with E-state index >= 15 is 0 Å². The van der Waals surface area contributed by atoms with Crippen LogP contribution in [0.15, 0.2) is 24.3 Å². The van der Waals surface area contributed by atoms with Gasteiger partial charge < -0.3 is 10.6 Å². The van der Waals surface area contributed by atoms with Crippen LogP contribution in [-0.2, 0) is 22.6 Å². The van der Waals surface area contributed by atoms with Crippen LogP contribution in [0.2, 0.25) is 0 Å². The van der Waals surface area contributed by atoms with Gasteiger partial charge in [-0.15, -0.1) is 0 Å². The van der Waals surface area contributed by atoms with Gasteiger partial charge in [-0.25, -0.2) is 0 Å². The molecule has 0 spiro atoms. The van der Waals surface area contributed by atoms with Gasteiger partial charge >= 0.3 is 0 Å². The van der Waals surface area contributed by atoms with E-state index in [0.717, 1.165) is 11.1 Å². The van der Waals surface area contributed by atoms with Crippen molar-refractivity contribution in [1.82, 2.24) is 4.90 Å². The van der Waals surface area contributed by atoms with Crippen LogP contribution in [0.4, 0.5) is 0 Å². The fourth-order valence-electron chi connectivity index (χ4n) is 2.24. The highest BCUT2D eigenvalue weighted by Gasteiger charge is 2.32. The Morgan fingerprint density at radius 3 is 2.59 bits per heavy atom. The Hall–Kier alpha value is -1.84. The zero-order valence-electron chi connectivity index (χ0n) is 9.85. The highest BCUT2D eigenvalue weighted by atomic mass is 16.2. The van der Waals surface area contributed by atoms with E-state index in [1.165, 1.54) is 0 Å². The van der Waals surface area contributed by atoms with Crippen molar-refractivity contribution in [3.63, 3.8) is 0 Å². The lowest BCUT2D eigenvalue weighted by Gasteiger charge is -2.35. The highest BCUT2D eigenvalue weighted by molar-refractivity contribution is 5.87. The number of rotatable bonds is 2. The van der Waals surface area contributed by atoms with Gasteiger partial charge in [-0.3, -0.25) is 9.59 Å². The summed E-state index contributed by atoms with van der Waals surface area (Å²) in [6.07, 6.45) is 0.920. The Morgan fingerprint density at radius 1 is 1.35 bits per heavy atom. The molecule has 0 radical (unpaired) electrons. The Morgan fingerprint density at radius 2 is 2.00 bits per heavy atom. The van der Waals surface area contributed by atoms with Crippen LogP contribution < -0.4 is 5.73 Å². The van der Waals surface area contributed by atoms with Crippen molar-refractivity contribution in [3.05, 3.63) is 35.4 Å². The third kappa shape index (κ3) is 2.16. The van der Waals surface area contributed by atoms with Gasteiger partial charge in [0.25, 0.3) is 0 Å². The number of amides is 2. The Labute approximate surface area is 100 Å². The standard InChI is InChI=1S/C13H16N2O2/c1-2-12(16)15-8-10-6-4-3-5-9(10)7-11(15)13(14)17/h3-6,11H,2,7-8H2,1H3,(H2,14,17)/t11-/m0/s1. The maximum absolute atomic E-state index is 11.8. The maximum atomic E-state index is 11.8. The largest absolute Gasteiger partial charge is 0.368 e. The van der Waals surface area contributed by atoms with Gasteiger partial charge in [0, 0.05) is 19.4 Å². The van der Waals surface area contributed by atoms with E-state index in [-0.39, 0.29) is 5.91 Å². The minimum atomic E-state index is -0.502. The lowest BCUT2D eigenvalue weighted by atomic mass is 9.93. The predicted molar refractivity (Wildman–Crippen MR) is 64.0 cm³/mol. The lowest BCUT2D eigenvalue weighted by molar-refractivity contribution is -0.140. The fraction of sp³-hybridized carbons (Fsp3) is 0.385. The van der Waals surface area contributed by atoms with Gasteiger partial charge in [0.2, 0.25) is 11.8 Å². The smallest absolute Gasteiger partial charge is 0.240 e. The molecule has 0 unspecified atom stereocenters. The second-order valence-electron chi connectivity index (χ2n) is 4.27. The van der Waals surface area contributed by atoms with Crippen molar-refractivity contribution < 1.29 is 9.59 Å². The van der Waals surface area contributed by atoms with E-state index < -0.39 is 11.9 Å². The third-order valence-corrected chi connectivity index (χ3v) is 3.20. The van der Waals surface area contributed by atoms with Crippen molar-refractivity contribution in [2.75, 3.05) is 0 Å². The van der Waals surface area contributed by atoms with E-state index in [0.29, 0.717) is 19.4 Å². The van der Waals surface area contributed by atoms with E-state index in [2.05, 4.69) is 0 Å². The molecule has 0 aliphatic carbocycles. The number of hydrogen-bond acceptors (Lipinski definition) is 2. The van der Waals surface area contributed by atoms with Crippen LogP contribution in [0.5, 0.6) is 0 Å². The van der Waals surface area contributed by atoms with Crippen LogP contribution in [-0.4, -0.2) is 22.8 Å². The minimum Gasteiger partial charge on any atom is -0.368 e. The van der Waals surface area contributed by atoms with Crippen molar-refractivity contribution in [2.24, 2.45) is 5.73 Å². The quantitative estimate of drug-likeness (QED) is 0.821. The monoisotopic (exact) mass is 232 g/mol. The van der Waals surface area contributed by atoms with Gasteiger partial charge in [0.1, 0.15) is 6.04 Å². The Kier molecular flexibility index (Phi) is 3.13. The van der Waals surface area contributed by atoms with E-state index in [4.69, 9.17) is 5.73 Å². The first-order chi connectivity index (χ1) is 8.13. The summed E-state index contributed by atoms with van der Waals surface area (Å²) < 4.78 is 0.